The van der Waals surface area contributed by atoms with Gasteiger partial charge in [-0.2, -0.15) is 0 Å². The Bertz CT molecular complexity index is 667. The maximum atomic E-state index is 10.8. The first-order valence-electron chi connectivity index (χ1n) is 6.07. The van der Waals surface area contributed by atoms with Crippen molar-refractivity contribution >= 4 is 17.1 Å². The van der Waals surface area contributed by atoms with Gasteiger partial charge in [-0.25, -0.2) is 0 Å². The summed E-state index contributed by atoms with van der Waals surface area (Å²) in [7, 11) is 0. The van der Waals surface area contributed by atoms with Crippen molar-refractivity contribution < 1.29 is 4.79 Å². The van der Waals surface area contributed by atoms with E-state index in [1.165, 1.54) is 28.3 Å². The highest BCUT2D eigenvalue weighted by molar-refractivity contribution is 5.93. The van der Waals surface area contributed by atoms with Crippen molar-refractivity contribution in [1.82, 2.24) is 0 Å². The Hall–Kier alpha value is -1.89. The van der Waals surface area contributed by atoms with Crippen molar-refractivity contribution in [2.24, 2.45) is 0 Å². The number of rotatable bonds is 1. The molecule has 2 aliphatic rings. The molecule has 0 heterocycles. The largest absolute Gasteiger partial charge is 0.298 e. The minimum absolute atomic E-state index is 0.598. The summed E-state index contributed by atoms with van der Waals surface area (Å²) in [5.41, 5.74) is 3.74. The second-order valence-corrected chi connectivity index (χ2v) is 5.00. The van der Waals surface area contributed by atoms with E-state index in [1.807, 2.05) is 12.1 Å². The fourth-order valence-electron chi connectivity index (χ4n) is 3.34. The highest BCUT2D eigenvalue weighted by Gasteiger charge is 2.33. The molecule has 0 radical (unpaired) electrons. The number of hydrogen-bond acceptors (Lipinski definition) is 1. The quantitative estimate of drug-likeness (QED) is 0.528. The molecule has 2 aromatic carbocycles. The van der Waals surface area contributed by atoms with Crippen LogP contribution >= 0.6 is 0 Å². The third-order valence-corrected chi connectivity index (χ3v) is 4.11. The summed E-state index contributed by atoms with van der Waals surface area (Å²) in [4.78, 5) is 10.8. The second-order valence-electron chi connectivity index (χ2n) is 5.00. The highest BCUT2D eigenvalue weighted by atomic mass is 16.1. The van der Waals surface area contributed by atoms with E-state index in [0.717, 1.165) is 11.8 Å². The first kappa shape index (κ1) is 9.17. The lowest BCUT2D eigenvalue weighted by Crippen LogP contribution is -1.94. The summed E-state index contributed by atoms with van der Waals surface area (Å²) in [5, 5.41) is 2.51. The van der Waals surface area contributed by atoms with Gasteiger partial charge in [0.05, 0.1) is 0 Å². The monoisotopic (exact) mass is 220 g/mol. The molecular formula is C16H12O. The van der Waals surface area contributed by atoms with Crippen molar-refractivity contribution in [3.63, 3.8) is 0 Å². The summed E-state index contributed by atoms with van der Waals surface area (Å²) < 4.78 is 0. The summed E-state index contributed by atoms with van der Waals surface area (Å²) in [6.07, 6.45) is 6.82. The third kappa shape index (κ3) is 1.11. The van der Waals surface area contributed by atoms with Crippen molar-refractivity contribution in [1.29, 1.82) is 0 Å². The molecule has 0 spiro atoms. The van der Waals surface area contributed by atoms with E-state index in [4.69, 9.17) is 0 Å². The number of carbonyl (C=O) groups excluding carboxylic acids is 1. The Morgan fingerprint density at radius 1 is 1.06 bits per heavy atom. The number of hydrogen-bond donors (Lipinski definition) is 0. The van der Waals surface area contributed by atoms with Crippen LogP contribution in [0.3, 0.4) is 0 Å². The lowest BCUT2D eigenvalue weighted by atomic mass is 9.91. The van der Waals surface area contributed by atoms with Gasteiger partial charge in [-0.05, 0) is 34.4 Å². The van der Waals surface area contributed by atoms with E-state index in [1.54, 1.807) is 0 Å². The second kappa shape index (κ2) is 3.07. The molecule has 0 amide bonds. The maximum Gasteiger partial charge on any atom is 0.150 e. The fraction of sp³-hybridized carbons (Fsp3) is 0.188. The van der Waals surface area contributed by atoms with Crippen LogP contribution in [0.15, 0.2) is 42.5 Å². The van der Waals surface area contributed by atoms with Gasteiger partial charge in [-0.1, -0.05) is 36.4 Å². The Morgan fingerprint density at radius 3 is 2.82 bits per heavy atom. The molecule has 1 nitrogen and oxygen atoms in total. The minimum Gasteiger partial charge on any atom is -0.298 e. The molecule has 2 unspecified atom stereocenters. The molecule has 0 aliphatic heterocycles. The number of allylic oxidation sites excluding steroid dienone is 2. The summed E-state index contributed by atoms with van der Waals surface area (Å²) in [5.74, 6) is 1.23. The van der Waals surface area contributed by atoms with E-state index < -0.39 is 0 Å². The Kier molecular flexibility index (Phi) is 1.66. The summed E-state index contributed by atoms with van der Waals surface area (Å²) in [6.45, 7) is 0. The molecule has 0 fully saturated rings. The van der Waals surface area contributed by atoms with Gasteiger partial charge < -0.3 is 0 Å². The first-order chi connectivity index (χ1) is 8.36. The van der Waals surface area contributed by atoms with Gasteiger partial charge in [0.15, 0.2) is 0 Å². The van der Waals surface area contributed by atoms with Gasteiger partial charge in [0.25, 0.3) is 0 Å². The van der Waals surface area contributed by atoms with Gasteiger partial charge in [-0.15, -0.1) is 0 Å². The standard InChI is InChI=1S/C16H12O/c17-9-10-1-5-14-11(7-10)4-6-15-12-2-3-13(8-12)16(14)15/h1-7,9,12-13H,8H2. The molecular weight excluding hydrogens is 208 g/mol. The van der Waals surface area contributed by atoms with Crippen molar-refractivity contribution in [2.75, 3.05) is 0 Å². The molecule has 2 bridgehead atoms. The summed E-state index contributed by atoms with van der Waals surface area (Å²) >= 11 is 0. The normalized spacial score (nSPS) is 24.2. The molecule has 0 saturated carbocycles. The molecule has 1 heteroatoms. The van der Waals surface area contributed by atoms with Gasteiger partial charge in [-0.3, -0.25) is 4.79 Å². The maximum absolute atomic E-state index is 10.8. The molecule has 0 N–H and O–H groups in total. The molecule has 2 aliphatic carbocycles. The Morgan fingerprint density at radius 2 is 1.94 bits per heavy atom. The molecule has 0 saturated heterocycles. The van der Waals surface area contributed by atoms with Crippen molar-refractivity contribution in [3.8, 4) is 0 Å². The predicted molar refractivity (Wildman–Crippen MR) is 68.6 cm³/mol. The molecule has 4 rings (SSSR count). The zero-order valence-corrected chi connectivity index (χ0v) is 9.39. The molecule has 0 aromatic heterocycles. The van der Waals surface area contributed by atoms with E-state index in [0.29, 0.717) is 11.8 Å². The number of carbonyl (C=O) groups is 1. The molecule has 82 valence electrons. The van der Waals surface area contributed by atoms with Crippen LogP contribution in [-0.2, 0) is 0 Å². The van der Waals surface area contributed by atoms with Crippen molar-refractivity contribution in [2.45, 2.75) is 18.3 Å². The van der Waals surface area contributed by atoms with E-state index in [2.05, 4.69) is 30.4 Å². The third-order valence-electron chi connectivity index (χ3n) is 4.11. The zero-order valence-electron chi connectivity index (χ0n) is 9.39. The minimum atomic E-state index is 0.598. The van der Waals surface area contributed by atoms with E-state index >= 15 is 0 Å². The highest BCUT2D eigenvalue weighted by Crippen LogP contribution is 2.50. The molecule has 2 atom stereocenters. The van der Waals surface area contributed by atoms with Crippen molar-refractivity contribution in [3.05, 3.63) is 59.2 Å². The smallest absolute Gasteiger partial charge is 0.150 e. The van der Waals surface area contributed by atoms with Crippen LogP contribution in [0.4, 0.5) is 0 Å². The summed E-state index contributed by atoms with van der Waals surface area (Å²) in [6, 6.07) is 10.4. The zero-order chi connectivity index (χ0) is 11.4. The number of aldehydes is 1. The van der Waals surface area contributed by atoms with Crippen LogP contribution in [-0.4, -0.2) is 6.29 Å². The lowest BCUT2D eigenvalue weighted by molar-refractivity contribution is 0.112. The van der Waals surface area contributed by atoms with Crippen LogP contribution in [0.25, 0.3) is 10.8 Å². The van der Waals surface area contributed by atoms with Gasteiger partial charge in [0.1, 0.15) is 6.29 Å². The first-order valence-corrected chi connectivity index (χ1v) is 6.07. The van der Waals surface area contributed by atoms with Gasteiger partial charge in [0, 0.05) is 17.4 Å². The van der Waals surface area contributed by atoms with Crippen LogP contribution in [0.1, 0.15) is 39.7 Å². The lowest BCUT2D eigenvalue weighted by Gasteiger charge is -2.13. The molecule has 2 aromatic rings. The van der Waals surface area contributed by atoms with E-state index in [-0.39, 0.29) is 0 Å². The van der Waals surface area contributed by atoms with Crippen LogP contribution in [0.2, 0.25) is 0 Å². The van der Waals surface area contributed by atoms with Gasteiger partial charge >= 0.3 is 0 Å². The SMILES string of the molecule is O=Cc1ccc2c3c(ccc2c1)C1C=CC3C1. The van der Waals surface area contributed by atoms with E-state index in [9.17, 15) is 4.79 Å². The topological polar surface area (TPSA) is 17.1 Å². The van der Waals surface area contributed by atoms with Crippen LogP contribution < -0.4 is 0 Å². The molecule has 17 heavy (non-hydrogen) atoms. The number of benzene rings is 2. The fourth-order valence-corrected chi connectivity index (χ4v) is 3.34. The van der Waals surface area contributed by atoms with Gasteiger partial charge in [0.2, 0.25) is 0 Å². The van der Waals surface area contributed by atoms with Crippen LogP contribution in [0.5, 0.6) is 0 Å². The van der Waals surface area contributed by atoms with Crippen LogP contribution in [0, 0.1) is 0 Å². The Labute approximate surface area is 99.8 Å². The average Bonchev–Trinajstić information content (AvgIpc) is 2.99. The number of fused-ring (bicyclic) bond motifs is 7. The Balaban J connectivity index is 2.06. The average molecular weight is 220 g/mol. The predicted octanol–water partition coefficient (Wildman–Crippen LogP) is 3.79.